The van der Waals surface area contributed by atoms with Gasteiger partial charge in [0.2, 0.25) is 0 Å². The molecule has 0 saturated heterocycles. The normalized spacial score (nSPS) is 12.9. The molecule has 1 aromatic carbocycles. The Morgan fingerprint density at radius 1 is 1.50 bits per heavy atom. The molecule has 0 bridgehead atoms. The lowest BCUT2D eigenvalue weighted by molar-refractivity contribution is -0.136. The molecule has 0 saturated carbocycles. The average Bonchev–Trinajstić information content (AvgIpc) is 2.62. The fourth-order valence-corrected chi connectivity index (χ4v) is 1.68. The molecule has 1 heterocycles. The second kappa shape index (κ2) is 3.62. The van der Waals surface area contributed by atoms with Crippen LogP contribution in [0.4, 0.5) is 0 Å². The number of hydrogen-bond donors (Lipinski definition) is 1. The van der Waals surface area contributed by atoms with E-state index in [-0.39, 0.29) is 6.42 Å². The van der Waals surface area contributed by atoms with Gasteiger partial charge < -0.3 is 5.11 Å². The first-order valence-electron chi connectivity index (χ1n) is 4.60. The predicted molar refractivity (Wildman–Crippen MR) is 53.7 cm³/mol. The van der Waals surface area contributed by atoms with Gasteiger partial charge in [-0.05, 0) is 23.1 Å². The molecule has 0 aromatic heterocycles. The zero-order valence-electron chi connectivity index (χ0n) is 7.73. The van der Waals surface area contributed by atoms with Crippen LogP contribution in [-0.2, 0) is 17.8 Å². The van der Waals surface area contributed by atoms with Crippen LogP contribution in [0.2, 0.25) is 0 Å². The highest BCUT2D eigenvalue weighted by molar-refractivity contribution is 5.85. The molecule has 0 atom stereocenters. The van der Waals surface area contributed by atoms with Crippen molar-refractivity contribution >= 4 is 12.2 Å². The molecular formula is C11H11NO2. The van der Waals surface area contributed by atoms with Gasteiger partial charge in [-0.25, -0.2) is 0 Å². The van der Waals surface area contributed by atoms with Crippen LogP contribution in [0.3, 0.4) is 0 Å². The van der Waals surface area contributed by atoms with Crippen LogP contribution < -0.4 is 0 Å². The number of nitrogens with zero attached hydrogens (tertiary/aromatic N) is 1. The van der Waals surface area contributed by atoms with Gasteiger partial charge in [-0.3, -0.25) is 9.79 Å². The van der Waals surface area contributed by atoms with Crippen molar-refractivity contribution in [2.24, 2.45) is 4.99 Å². The van der Waals surface area contributed by atoms with Gasteiger partial charge in [0.05, 0.1) is 6.54 Å². The largest absolute Gasteiger partial charge is 0.481 e. The third kappa shape index (κ3) is 1.66. The summed E-state index contributed by atoms with van der Waals surface area (Å²) in [6.07, 6.45) is 2.64. The summed E-state index contributed by atoms with van der Waals surface area (Å²) < 4.78 is 0. The average molecular weight is 189 g/mol. The molecule has 1 aliphatic rings. The van der Waals surface area contributed by atoms with E-state index >= 15 is 0 Å². The van der Waals surface area contributed by atoms with Gasteiger partial charge in [0, 0.05) is 12.6 Å². The number of aliphatic carboxylic acids is 1. The number of hydrogen-bond acceptors (Lipinski definition) is 2. The monoisotopic (exact) mass is 189 g/mol. The van der Waals surface area contributed by atoms with Crippen LogP contribution in [-0.4, -0.2) is 17.3 Å². The summed E-state index contributed by atoms with van der Waals surface area (Å²) >= 11 is 0. The topological polar surface area (TPSA) is 49.7 Å². The van der Waals surface area contributed by atoms with E-state index in [0.717, 1.165) is 11.1 Å². The molecule has 72 valence electrons. The number of carboxylic acids is 1. The molecule has 0 fully saturated rings. The van der Waals surface area contributed by atoms with E-state index < -0.39 is 5.97 Å². The number of benzene rings is 1. The molecule has 2 rings (SSSR count). The van der Waals surface area contributed by atoms with Crippen molar-refractivity contribution in [2.45, 2.75) is 19.4 Å². The van der Waals surface area contributed by atoms with Crippen LogP contribution in [0, 0.1) is 0 Å². The summed E-state index contributed by atoms with van der Waals surface area (Å²) in [5, 5.41) is 8.59. The molecule has 0 aliphatic carbocycles. The van der Waals surface area contributed by atoms with Gasteiger partial charge in [-0.1, -0.05) is 18.2 Å². The maximum atomic E-state index is 10.4. The van der Waals surface area contributed by atoms with E-state index in [1.54, 1.807) is 0 Å². The molecule has 1 aliphatic heterocycles. The van der Waals surface area contributed by atoms with E-state index in [1.165, 1.54) is 5.56 Å². The maximum Gasteiger partial charge on any atom is 0.303 e. The fraction of sp³-hybridized carbons (Fsp3) is 0.273. The van der Waals surface area contributed by atoms with E-state index in [0.29, 0.717) is 13.0 Å². The van der Waals surface area contributed by atoms with Gasteiger partial charge in [-0.15, -0.1) is 0 Å². The Balaban J connectivity index is 2.19. The minimum Gasteiger partial charge on any atom is -0.481 e. The third-order valence-electron chi connectivity index (χ3n) is 2.40. The fourth-order valence-electron chi connectivity index (χ4n) is 1.68. The molecule has 0 unspecified atom stereocenters. The second-order valence-electron chi connectivity index (χ2n) is 3.35. The summed E-state index contributed by atoms with van der Waals surface area (Å²) in [4.78, 5) is 14.6. The molecule has 3 heteroatoms. The van der Waals surface area contributed by atoms with Crippen molar-refractivity contribution in [1.29, 1.82) is 0 Å². The first kappa shape index (κ1) is 8.94. The van der Waals surface area contributed by atoms with E-state index in [2.05, 4.69) is 4.99 Å². The highest BCUT2D eigenvalue weighted by atomic mass is 16.4. The summed E-state index contributed by atoms with van der Waals surface area (Å²) in [5.41, 5.74) is 3.43. The quantitative estimate of drug-likeness (QED) is 0.785. The minimum absolute atomic E-state index is 0.191. The van der Waals surface area contributed by atoms with Gasteiger partial charge in [0.25, 0.3) is 0 Å². The predicted octanol–water partition coefficient (Wildman–Crippen LogP) is 1.64. The first-order chi connectivity index (χ1) is 6.77. The first-order valence-corrected chi connectivity index (χ1v) is 4.60. The summed E-state index contributed by atoms with van der Waals surface area (Å²) in [6.45, 7) is 0.700. The van der Waals surface area contributed by atoms with Crippen molar-refractivity contribution in [3.8, 4) is 0 Å². The Kier molecular flexibility index (Phi) is 2.31. The van der Waals surface area contributed by atoms with Crippen LogP contribution in [0.15, 0.2) is 23.2 Å². The molecule has 3 nitrogen and oxygen atoms in total. The number of carboxylic acid groups (broad SMARTS) is 1. The number of fused-ring (bicyclic) bond motifs is 1. The van der Waals surface area contributed by atoms with E-state index in [4.69, 9.17) is 5.11 Å². The van der Waals surface area contributed by atoms with Crippen molar-refractivity contribution in [2.75, 3.05) is 0 Å². The van der Waals surface area contributed by atoms with Crippen LogP contribution in [0.25, 0.3) is 0 Å². The minimum atomic E-state index is -0.749. The van der Waals surface area contributed by atoms with Crippen LogP contribution in [0.5, 0.6) is 0 Å². The zero-order valence-corrected chi connectivity index (χ0v) is 7.73. The highest BCUT2D eigenvalue weighted by Crippen LogP contribution is 2.20. The number of aryl methyl sites for hydroxylation is 1. The Labute approximate surface area is 82.1 Å². The summed E-state index contributed by atoms with van der Waals surface area (Å²) in [5.74, 6) is -0.749. The van der Waals surface area contributed by atoms with Crippen LogP contribution in [0.1, 0.15) is 23.1 Å². The lowest BCUT2D eigenvalue weighted by Gasteiger charge is -2.05. The Hall–Kier alpha value is -1.64. The van der Waals surface area contributed by atoms with Gasteiger partial charge in [0.1, 0.15) is 0 Å². The van der Waals surface area contributed by atoms with Crippen molar-refractivity contribution < 1.29 is 9.90 Å². The molecule has 0 radical (unpaired) electrons. The smallest absolute Gasteiger partial charge is 0.303 e. The lowest BCUT2D eigenvalue weighted by atomic mass is 10.00. The number of rotatable bonds is 3. The summed E-state index contributed by atoms with van der Waals surface area (Å²) in [6, 6.07) is 5.94. The van der Waals surface area contributed by atoms with E-state index in [1.807, 2.05) is 24.4 Å². The Bertz CT molecular complexity index is 396. The lowest BCUT2D eigenvalue weighted by Crippen LogP contribution is -2.00. The molecule has 0 spiro atoms. The standard InChI is InChI=1S/C11H11NO2/c13-11(14)5-4-8-2-1-3-9-6-12-7-10(8)9/h1-3,6H,4-5,7H2,(H,13,14). The highest BCUT2D eigenvalue weighted by Gasteiger charge is 2.11. The van der Waals surface area contributed by atoms with Crippen molar-refractivity contribution in [1.82, 2.24) is 0 Å². The number of aliphatic imine (C=N–C) groups is 1. The zero-order chi connectivity index (χ0) is 9.97. The van der Waals surface area contributed by atoms with Gasteiger partial charge >= 0.3 is 5.97 Å². The maximum absolute atomic E-state index is 10.4. The molecule has 0 amide bonds. The van der Waals surface area contributed by atoms with Crippen molar-refractivity contribution in [3.63, 3.8) is 0 Å². The Morgan fingerprint density at radius 3 is 3.14 bits per heavy atom. The summed E-state index contributed by atoms with van der Waals surface area (Å²) in [7, 11) is 0. The van der Waals surface area contributed by atoms with Crippen LogP contribution >= 0.6 is 0 Å². The Morgan fingerprint density at radius 2 is 2.36 bits per heavy atom. The van der Waals surface area contributed by atoms with Gasteiger partial charge in [0.15, 0.2) is 0 Å². The second-order valence-corrected chi connectivity index (χ2v) is 3.35. The molecule has 14 heavy (non-hydrogen) atoms. The molecule has 1 N–H and O–H groups in total. The molecule has 1 aromatic rings. The third-order valence-corrected chi connectivity index (χ3v) is 2.40. The number of carbonyl (C=O) groups is 1. The SMILES string of the molecule is O=C(O)CCc1cccc2c1CN=C2. The van der Waals surface area contributed by atoms with E-state index in [9.17, 15) is 4.79 Å². The molecular weight excluding hydrogens is 178 g/mol. The van der Waals surface area contributed by atoms with Gasteiger partial charge in [-0.2, -0.15) is 0 Å². The van der Waals surface area contributed by atoms with Crippen molar-refractivity contribution in [3.05, 3.63) is 34.9 Å².